The minimum atomic E-state index is -4.49. The summed E-state index contributed by atoms with van der Waals surface area (Å²) in [5.41, 5.74) is 4.62. The summed E-state index contributed by atoms with van der Waals surface area (Å²) in [5.74, 6) is -0.939. The fraction of sp³-hybridized carbons (Fsp3) is 0.412. The van der Waals surface area contributed by atoms with Crippen molar-refractivity contribution in [1.82, 2.24) is 9.97 Å². The largest absolute Gasteiger partial charge is 0.465 e. The highest BCUT2D eigenvalue weighted by Crippen LogP contribution is 2.47. The SMILES string of the molecule is NC1=N[C@]2(c3nc(NC(=O)c4ccc(Cl)cn4)cs3)COC(C(F)(F)F)C[C@@H]2CO1. The molecule has 1 unspecified atom stereocenters. The van der Waals surface area contributed by atoms with Crippen LogP contribution in [0.1, 0.15) is 21.9 Å². The smallest absolute Gasteiger partial charge is 0.414 e. The maximum absolute atomic E-state index is 13.1. The van der Waals surface area contributed by atoms with Gasteiger partial charge in [-0.1, -0.05) is 11.6 Å². The number of carbonyl (C=O) groups is 1. The van der Waals surface area contributed by atoms with E-state index in [1.807, 2.05) is 0 Å². The zero-order chi connectivity index (χ0) is 21.5. The number of halogens is 4. The van der Waals surface area contributed by atoms with Crippen molar-refractivity contribution in [3.8, 4) is 0 Å². The van der Waals surface area contributed by atoms with Gasteiger partial charge < -0.3 is 20.5 Å². The molecule has 2 aromatic rings. The van der Waals surface area contributed by atoms with Gasteiger partial charge in [0.2, 0.25) is 0 Å². The molecule has 160 valence electrons. The number of hydrogen-bond donors (Lipinski definition) is 2. The van der Waals surface area contributed by atoms with E-state index in [2.05, 4.69) is 20.3 Å². The maximum Gasteiger partial charge on any atom is 0.414 e. The van der Waals surface area contributed by atoms with Crippen LogP contribution < -0.4 is 11.1 Å². The summed E-state index contributed by atoms with van der Waals surface area (Å²) in [6, 6.07) is 2.83. The first kappa shape index (κ1) is 20.8. The Morgan fingerprint density at radius 1 is 1.40 bits per heavy atom. The zero-order valence-corrected chi connectivity index (χ0v) is 16.7. The number of nitrogens with two attached hydrogens (primary N) is 1. The third-order valence-corrected chi connectivity index (χ3v) is 6.09. The molecule has 0 aromatic carbocycles. The van der Waals surface area contributed by atoms with Crippen LogP contribution in [0, 0.1) is 5.92 Å². The van der Waals surface area contributed by atoms with E-state index in [1.165, 1.54) is 18.3 Å². The molecule has 0 aliphatic carbocycles. The third-order valence-electron chi connectivity index (χ3n) is 4.86. The number of anilines is 1. The number of amidine groups is 1. The number of rotatable bonds is 3. The number of nitrogens with one attached hydrogen (secondary N) is 1. The van der Waals surface area contributed by atoms with Crippen molar-refractivity contribution in [2.45, 2.75) is 24.2 Å². The van der Waals surface area contributed by atoms with Gasteiger partial charge in [-0.2, -0.15) is 13.2 Å². The lowest BCUT2D eigenvalue weighted by atomic mass is 9.79. The molecule has 0 spiro atoms. The second-order valence-corrected chi connectivity index (χ2v) is 8.11. The first-order valence-corrected chi connectivity index (χ1v) is 9.98. The topological polar surface area (TPSA) is 112 Å². The molecule has 0 radical (unpaired) electrons. The molecule has 13 heteroatoms. The summed E-state index contributed by atoms with van der Waals surface area (Å²) in [5, 5.41) is 4.92. The van der Waals surface area contributed by atoms with E-state index in [-0.39, 0.29) is 37.2 Å². The summed E-state index contributed by atoms with van der Waals surface area (Å²) >= 11 is 6.90. The number of alkyl halides is 3. The molecule has 8 nitrogen and oxygen atoms in total. The van der Waals surface area contributed by atoms with Gasteiger partial charge in [0.1, 0.15) is 22.1 Å². The number of nitrogens with zero attached hydrogens (tertiary/aromatic N) is 3. The van der Waals surface area contributed by atoms with Gasteiger partial charge in [0, 0.05) is 17.5 Å². The Morgan fingerprint density at radius 2 is 2.20 bits per heavy atom. The van der Waals surface area contributed by atoms with Crippen LogP contribution in [0.4, 0.5) is 19.0 Å². The van der Waals surface area contributed by atoms with Gasteiger partial charge in [-0.05, 0) is 18.6 Å². The molecule has 0 saturated carbocycles. The Morgan fingerprint density at radius 3 is 2.90 bits per heavy atom. The first-order chi connectivity index (χ1) is 14.2. The lowest BCUT2D eigenvalue weighted by Crippen LogP contribution is -2.54. The van der Waals surface area contributed by atoms with Crippen molar-refractivity contribution in [2.24, 2.45) is 16.6 Å². The van der Waals surface area contributed by atoms with Crippen LogP contribution in [0.5, 0.6) is 0 Å². The first-order valence-electron chi connectivity index (χ1n) is 8.73. The molecule has 1 saturated heterocycles. The van der Waals surface area contributed by atoms with Crippen LogP contribution in [0.15, 0.2) is 28.7 Å². The van der Waals surface area contributed by atoms with Gasteiger partial charge in [0.15, 0.2) is 6.10 Å². The van der Waals surface area contributed by atoms with Gasteiger partial charge in [-0.15, -0.1) is 11.3 Å². The van der Waals surface area contributed by atoms with Crippen LogP contribution in [-0.2, 0) is 15.0 Å². The molecule has 3 atom stereocenters. The van der Waals surface area contributed by atoms with Crippen molar-refractivity contribution >= 4 is 40.7 Å². The van der Waals surface area contributed by atoms with Gasteiger partial charge in [0.25, 0.3) is 11.9 Å². The monoisotopic (exact) mass is 461 g/mol. The molecule has 2 aliphatic heterocycles. The Kier molecular flexibility index (Phi) is 5.32. The Hall–Kier alpha value is -2.44. The fourth-order valence-electron chi connectivity index (χ4n) is 3.34. The molecule has 4 rings (SSSR count). The van der Waals surface area contributed by atoms with Crippen LogP contribution in [0.2, 0.25) is 5.02 Å². The number of ether oxygens (including phenoxy) is 2. The Bertz CT molecular complexity index is 984. The van der Waals surface area contributed by atoms with E-state index >= 15 is 0 Å². The van der Waals surface area contributed by atoms with Crippen molar-refractivity contribution in [1.29, 1.82) is 0 Å². The quantitative estimate of drug-likeness (QED) is 0.727. The molecule has 2 aromatic heterocycles. The molecule has 2 aliphatic rings. The predicted octanol–water partition coefficient (Wildman–Crippen LogP) is 2.95. The Balaban J connectivity index is 1.58. The van der Waals surface area contributed by atoms with Crippen molar-refractivity contribution in [3.63, 3.8) is 0 Å². The van der Waals surface area contributed by atoms with E-state index in [0.29, 0.717) is 10.0 Å². The van der Waals surface area contributed by atoms with Crippen LogP contribution >= 0.6 is 22.9 Å². The lowest BCUT2D eigenvalue weighted by molar-refractivity contribution is -0.249. The van der Waals surface area contributed by atoms with Crippen molar-refractivity contribution < 1.29 is 27.4 Å². The van der Waals surface area contributed by atoms with Crippen LogP contribution in [0.25, 0.3) is 0 Å². The second kappa shape index (κ2) is 7.67. The maximum atomic E-state index is 13.1. The molecule has 1 amide bonds. The fourth-order valence-corrected chi connectivity index (χ4v) is 4.42. The van der Waals surface area contributed by atoms with E-state index in [4.69, 9.17) is 26.8 Å². The van der Waals surface area contributed by atoms with Gasteiger partial charge in [-0.3, -0.25) is 4.79 Å². The predicted molar refractivity (Wildman–Crippen MR) is 102 cm³/mol. The normalized spacial score (nSPS) is 26.3. The van der Waals surface area contributed by atoms with E-state index in [1.54, 1.807) is 5.38 Å². The van der Waals surface area contributed by atoms with Crippen molar-refractivity contribution in [3.05, 3.63) is 39.4 Å². The number of aromatic nitrogens is 2. The highest BCUT2D eigenvalue weighted by atomic mass is 35.5. The number of pyridine rings is 1. The average Bonchev–Trinajstić information content (AvgIpc) is 3.16. The Labute approximate surface area is 177 Å². The lowest BCUT2D eigenvalue weighted by Gasteiger charge is -2.44. The molecule has 3 N–H and O–H groups in total. The average molecular weight is 462 g/mol. The number of aliphatic imine (C=N–C) groups is 1. The summed E-state index contributed by atoms with van der Waals surface area (Å²) in [4.78, 5) is 24.9. The third kappa shape index (κ3) is 3.94. The van der Waals surface area contributed by atoms with Gasteiger partial charge in [0.05, 0.1) is 18.2 Å². The van der Waals surface area contributed by atoms with Crippen LogP contribution in [-0.4, -0.2) is 47.4 Å². The summed E-state index contributed by atoms with van der Waals surface area (Å²) in [6.45, 7) is -0.396. The number of fused-ring (bicyclic) bond motifs is 1. The molecule has 1 fully saturated rings. The van der Waals surface area contributed by atoms with E-state index < -0.39 is 29.6 Å². The number of thiazole rings is 1. The van der Waals surface area contributed by atoms with Crippen LogP contribution in [0.3, 0.4) is 0 Å². The summed E-state index contributed by atoms with van der Waals surface area (Å²) in [6.07, 6.45) is -5.41. The minimum Gasteiger partial charge on any atom is -0.465 e. The second-order valence-electron chi connectivity index (χ2n) is 6.81. The molecule has 30 heavy (non-hydrogen) atoms. The molecular weight excluding hydrogens is 447 g/mol. The van der Waals surface area contributed by atoms with E-state index in [9.17, 15) is 18.0 Å². The number of amides is 1. The van der Waals surface area contributed by atoms with E-state index in [0.717, 1.165) is 11.3 Å². The number of carbonyl (C=O) groups excluding carboxylic acids is 1. The highest BCUT2D eigenvalue weighted by molar-refractivity contribution is 7.10. The summed E-state index contributed by atoms with van der Waals surface area (Å²) < 4.78 is 49.7. The summed E-state index contributed by atoms with van der Waals surface area (Å²) in [7, 11) is 0. The molecule has 4 heterocycles. The standard InChI is InChI=1S/C17H15ClF3N5O3S/c18-9-1-2-10(23-4-9)13(27)24-12-6-30-14(25-12)16-7-29-11(17(19,20)21)3-8(16)5-28-15(22)26-16/h1-2,4,6,8,11H,3,5,7H2,(H2,22,26)(H,24,27)/t8-,11?,16-/m1/s1. The molecule has 0 bridgehead atoms. The van der Waals surface area contributed by atoms with Crippen molar-refractivity contribution in [2.75, 3.05) is 18.5 Å². The zero-order valence-electron chi connectivity index (χ0n) is 15.1. The highest BCUT2D eigenvalue weighted by Gasteiger charge is 2.56. The van der Waals surface area contributed by atoms with Gasteiger partial charge in [-0.25, -0.2) is 15.0 Å². The van der Waals surface area contributed by atoms with Gasteiger partial charge >= 0.3 is 6.18 Å². The molecular formula is C17H15ClF3N5O3S. The minimum absolute atomic E-state index is 0.0404. The number of hydrogen-bond acceptors (Lipinski definition) is 8.